The SMILES string of the molecule is CN/N=C\Cc1cc(Cc2ccc(-c3ncon3)c(F)c2)c(C)c(OC(C)(C)C)c1.NC=O. The predicted molar refractivity (Wildman–Crippen MR) is 126 cm³/mol. The molecule has 0 fully saturated rings. The molecule has 3 aromatic rings. The molecule has 1 aromatic heterocycles. The number of nitrogens with zero attached hydrogens (tertiary/aromatic N) is 3. The lowest BCUT2D eigenvalue weighted by atomic mass is 9.95. The van der Waals surface area contributed by atoms with Crippen molar-refractivity contribution >= 4 is 12.6 Å². The van der Waals surface area contributed by atoms with Gasteiger partial charge in [0.05, 0.1) is 5.56 Å². The largest absolute Gasteiger partial charge is 0.488 e. The van der Waals surface area contributed by atoms with Crippen molar-refractivity contribution in [3.63, 3.8) is 0 Å². The molecule has 176 valence electrons. The van der Waals surface area contributed by atoms with Gasteiger partial charge in [-0.1, -0.05) is 17.3 Å². The maximum atomic E-state index is 14.6. The Morgan fingerprint density at radius 1 is 1.24 bits per heavy atom. The molecule has 0 radical (unpaired) electrons. The van der Waals surface area contributed by atoms with Crippen molar-refractivity contribution in [2.45, 2.75) is 46.1 Å². The Morgan fingerprint density at radius 3 is 2.55 bits per heavy atom. The number of benzene rings is 2. The molecule has 0 aliphatic rings. The van der Waals surface area contributed by atoms with E-state index in [-0.39, 0.29) is 23.7 Å². The third-order valence-corrected chi connectivity index (χ3v) is 4.52. The van der Waals surface area contributed by atoms with Crippen LogP contribution in [0.25, 0.3) is 11.4 Å². The monoisotopic (exact) mass is 455 g/mol. The van der Waals surface area contributed by atoms with Crippen molar-refractivity contribution in [2.24, 2.45) is 10.8 Å². The topological polar surface area (TPSA) is 116 Å². The predicted octanol–water partition coefficient (Wildman–Crippen LogP) is 3.80. The molecular weight excluding hydrogens is 425 g/mol. The summed E-state index contributed by atoms with van der Waals surface area (Å²) in [4.78, 5) is 12.5. The second-order valence-electron chi connectivity index (χ2n) is 8.21. The zero-order valence-electron chi connectivity index (χ0n) is 19.6. The van der Waals surface area contributed by atoms with Crippen molar-refractivity contribution in [2.75, 3.05) is 7.05 Å². The van der Waals surface area contributed by atoms with Crippen LogP contribution in [0.15, 0.2) is 46.3 Å². The number of rotatable bonds is 7. The number of ether oxygens (including phenoxy) is 1. The van der Waals surface area contributed by atoms with E-state index in [1.807, 2.05) is 46.0 Å². The van der Waals surface area contributed by atoms with Gasteiger partial charge in [0.2, 0.25) is 18.6 Å². The Balaban J connectivity index is 0.00000122. The summed E-state index contributed by atoms with van der Waals surface area (Å²) in [7, 11) is 1.76. The highest BCUT2D eigenvalue weighted by Gasteiger charge is 2.17. The molecule has 1 heterocycles. The van der Waals surface area contributed by atoms with E-state index < -0.39 is 0 Å². The van der Waals surface area contributed by atoms with Gasteiger partial charge >= 0.3 is 0 Å². The first-order chi connectivity index (χ1) is 15.7. The number of hydrogen-bond acceptors (Lipinski definition) is 7. The molecule has 0 saturated carbocycles. The zero-order chi connectivity index (χ0) is 24.4. The van der Waals surface area contributed by atoms with Gasteiger partial charge in [0.15, 0.2) is 0 Å². The highest BCUT2D eigenvalue weighted by atomic mass is 19.1. The first-order valence-electron chi connectivity index (χ1n) is 10.4. The van der Waals surface area contributed by atoms with Crippen LogP contribution in [0.1, 0.15) is 43.0 Å². The van der Waals surface area contributed by atoms with Gasteiger partial charge in [-0.05, 0) is 74.6 Å². The highest BCUT2D eigenvalue weighted by Crippen LogP contribution is 2.30. The third kappa shape index (κ3) is 7.71. The minimum Gasteiger partial charge on any atom is -0.488 e. The summed E-state index contributed by atoms with van der Waals surface area (Å²) in [6.07, 6.45) is 4.49. The van der Waals surface area contributed by atoms with E-state index in [9.17, 15) is 4.39 Å². The number of nitrogens with two attached hydrogens (primary N) is 1. The Kier molecular flexibility index (Phi) is 9.08. The Hall–Kier alpha value is -3.75. The molecule has 0 atom stereocenters. The maximum Gasteiger partial charge on any atom is 0.214 e. The van der Waals surface area contributed by atoms with Crippen molar-refractivity contribution in [1.29, 1.82) is 0 Å². The van der Waals surface area contributed by atoms with E-state index >= 15 is 0 Å². The van der Waals surface area contributed by atoms with Crippen LogP contribution in [0.4, 0.5) is 4.39 Å². The van der Waals surface area contributed by atoms with Crippen LogP contribution >= 0.6 is 0 Å². The van der Waals surface area contributed by atoms with Crippen LogP contribution in [-0.4, -0.2) is 35.4 Å². The van der Waals surface area contributed by atoms with Gasteiger partial charge < -0.3 is 20.4 Å². The van der Waals surface area contributed by atoms with Gasteiger partial charge in [0.1, 0.15) is 17.2 Å². The lowest BCUT2D eigenvalue weighted by molar-refractivity contribution is -0.106. The average molecular weight is 456 g/mol. The molecule has 0 bridgehead atoms. The number of hydrogen-bond donors (Lipinski definition) is 2. The summed E-state index contributed by atoms with van der Waals surface area (Å²) in [6, 6.07) is 9.25. The summed E-state index contributed by atoms with van der Waals surface area (Å²) >= 11 is 0. The molecule has 1 amide bonds. The number of carbonyl (C=O) groups is 1. The minimum absolute atomic E-state index is 0.238. The number of nitrogens with one attached hydrogen (secondary N) is 1. The average Bonchev–Trinajstić information content (AvgIpc) is 3.26. The highest BCUT2D eigenvalue weighted by molar-refractivity contribution is 5.62. The molecule has 0 aliphatic carbocycles. The quantitative estimate of drug-likeness (QED) is 0.318. The molecule has 0 unspecified atom stereocenters. The fraction of sp³-hybridized carbons (Fsp3) is 0.333. The van der Waals surface area contributed by atoms with E-state index in [0.29, 0.717) is 18.4 Å². The molecule has 3 N–H and O–H groups in total. The van der Waals surface area contributed by atoms with E-state index in [1.54, 1.807) is 13.1 Å². The molecule has 2 aromatic carbocycles. The normalized spacial score (nSPS) is 11.1. The minimum atomic E-state index is -0.380. The summed E-state index contributed by atoms with van der Waals surface area (Å²) in [5.41, 5.74) is 11.0. The summed E-state index contributed by atoms with van der Waals surface area (Å²) in [5.74, 6) is 0.689. The number of aromatic nitrogens is 2. The van der Waals surface area contributed by atoms with E-state index in [0.717, 1.165) is 28.0 Å². The molecule has 33 heavy (non-hydrogen) atoms. The number of carbonyl (C=O) groups excluding carboxylic acids is 1. The van der Waals surface area contributed by atoms with Crippen LogP contribution in [0.2, 0.25) is 0 Å². The van der Waals surface area contributed by atoms with Crippen LogP contribution in [0.3, 0.4) is 0 Å². The molecular formula is C24H30FN5O3. The van der Waals surface area contributed by atoms with Crippen molar-refractivity contribution in [1.82, 2.24) is 15.6 Å². The maximum absolute atomic E-state index is 14.6. The van der Waals surface area contributed by atoms with Crippen molar-refractivity contribution < 1.29 is 18.4 Å². The zero-order valence-corrected chi connectivity index (χ0v) is 19.6. The number of hydrazone groups is 1. The molecule has 0 saturated heterocycles. The van der Waals surface area contributed by atoms with Crippen LogP contribution in [-0.2, 0) is 17.6 Å². The van der Waals surface area contributed by atoms with E-state index in [4.69, 9.17) is 14.1 Å². The Morgan fingerprint density at radius 2 is 1.97 bits per heavy atom. The smallest absolute Gasteiger partial charge is 0.214 e. The number of primary amides is 1. The summed E-state index contributed by atoms with van der Waals surface area (Å²) < 4.78 is 25.5. The first kappa shape index (κ1) is 25.5. The number of amides is 1. The van der Waals surface area contributed by atoms with Gasteiger partial charge in [0.25, 0.3) is 0 Å². The van der Waals surface area contributed by atoms with E-state index in [1.165, 1.54) is 12.5 Å². The van der Waals surface area contributed by atoms with E-state index in [2.05, 4.69) is 32.5 Å². The molecule has 0 aliphatic heterocycles. The van der Waals surface area contributed by atoms with Gasteiger partial charge in [0, 0.05) is 19.7 Å². The van der Waals surface area contributed by atoms with Crippen LogP contribution < -0.4 is 15.9 Å². The fourth-order valence-corrected chi connectivity index (χ4v) is 3.15. The molecule has 0 spiro atoms. The Labute approximate surface area is 193 Å². The Bertz CT molecular complexity index is 1080. The number of halogens is 1. The van der Waals surface area contributed by atoms with Gasteiger partial charge in [-0.15, -0.1) is 0 Å². The van der Waals surface area contributed by atoms with Gasteiger partial charge in [-0.3, -0.25) is 4.79 Å². The standard InChI is InChI=1S/C23H27FN4O2.CH3NO/c1-15-18(10-16-6-7-19(20(24)12-16)22-26-14-29-28-22)11-17(8-9-27-25-5)13-21(15)30-23(2,3)4;2-1-3/h6-7,9,11-14,25H,8,10H2,1-5H3;1H,(H2,2,3)/b27-9-;. The lowest BCUT2D eigenvalue weighted by Gasteiger charge is -2.24. The molecule has 9 heteroatoms. The van der Waals surface area contributed by atoms with Crippen LogP contribution in [0, 0.1) is 12.7 Å². The van der Waals surface area contributed by atoms with Crippen LogP contribution in [0.5, 0.6) is 5.75 Å². The second-order valence-corrected chi connectivity index (χ2v) is 8.21. The summed E-state index contributed by atoms with van der Waals surface area (Å²) in [5, 5.41) is 7.78. The second kappa shape index (κ2) is 11.8. The lowest BCUT2D eigenvalue weighted by Crippen LogP contribution is -2.23. The van der Waals surface area contributed by atoms with Gasteiger partial charge in [-0.25, -0.2) is 4.39 Å². The fourth-order valence-electron chi connectivity index (χ4n) is 3.15. The van der Waals surface area contributed by atoms with Crippen molar-refractivity contribution in [3.8, 4) is 17.1 Å². The van der Waals surface area contributed by atoms with Gasteiger partial charge in [-0.2, -0.15) is 10.1 Å². The third-order valence-electron chi connectivity index (χ3n) is 4.52. The molecule has 3 rings (SSSR count). The molecule has 8 nitrogen and oxygen atoms in total. The first-order valence-corrected chi connectivity index (χ1v) is 10.4. The summed E-state index contributed by atoms with van der Waals surface area (Å²) in [6.45, 7) is 8.10. The van der Waals surface area contributed by atoms with Crippen molar-refractivity contribution in [3.05, 3.63) is 64.8 Å².